The number of unbranched alkanes of at least 4 members (excludes halogenated alkanes) is 32. The summed E-state index contributed by atoms with van der Waals surface area (Å²) in [7, 11) is -9.86. The molecule has 0 aromatic heterocycles. The highest BCUT2D eigenvalue weighted by Crippen LogP contribution is 2.45. The van der Waals surface area contributed by atoms with Crippen molar-refractivity contribution in [1.29, 1.82) is 0 Å². The lowest BCUT2D eigenvalue weighted by Crippen LogP contribution is -2.30. The minimum atomic E-state index is -4.93. The van der Waals surface area contributed by atoms with E-state index in [2.05, 4.69) is 27.7 Å². The average molecular weight is 1130 g/mol. The van der Waals surface area contributed by atoms with Crippen LogP contribution in [-0.2, 0) is 65.4 Å². The average Bonchev–Trinajstić information content (AvgIpc) is 3.39. The van der Waals surface area contributed by atoms with Crippen LogP contribution >= 0.6 is 15.6 Å². The molecule has 0 amide bonds. The van der Waals surface area contributed by atoms with Crippen molar-refractivity contribution in [2.75, 3.05) is 39.6 Å². The number of hydrogen-bond acceptors (Lipinski definition) is 15. The molecule has 0 aliphatic rings. The highest BCUT2D eigenvalue weighted by molar-refractivity contribution is 7.47. The molecule has 5 atom stereocenters. The number of rotatable bonds is 58. The van der Waals surface area contributed by atoms with E-state index in [1.807, 2.05) is 0 Å². The highest BCUT2D eigenvalue weighted by atomic mass is 31.2. The first-order valence-corrected chi connectivity index (χ1v) is 33.3. The van der Waals surface area contributed by atoms with Gasteiger partial charge in [-0.05, 0) is 25.7 Å². The SMILES string of the molecule is CCCCCCCCCCCCC(=O)OC[C@H](COP(=O)(O)OC[C@@H](O)COP(=O)(O)OC[C@@H](COC(=O)CCCCCCCCC)OC(=O)CCCCCCCCCCC)OC(=O)CCCCCCCCCCCC. The lowest BCUT2D eigenvalue weighted by atomic mass is 10.1. The zero-order valence-corrected chi connectivity index (χ0v) is 50.0. The Bertz CT molecular complexity index is 1490. The molecule has 0 aliphatic heterocycles. The van der Waals surface area contributed by atoms with Crippen molar-refractivity contribution in [3.8, 4) is 0 Å². The number of carbonyl (C=O) groups is 4. The van der Waals surface area contributed by atoms with Crippen LogP contribution in [0.1, 0.15) is 285 Å². The summed E-state index contributed by atoms with van der Waals surface area (Å²) in [5.74, 6) is -2.15. The molecular formula is C57H110O17P2. The monoisotopic (exact) mass is 1130 g/mol. The largest absolute Gasteiger partial charge is 0.472 e. The maximum Gasteiger partial charge on any atom is 0.472 e. The summed E-state index contributed by atoms with van der Waals surface area (Å²) in [6.45, 7) is 4.77. The maximum absolute atomic E-state index is 12.9. The normalized spacial score (nSPS) is 14.4. The molecule has 0 rings (SSSR count). The second-order valence-electron chi connectivity index (χ2n) is 20.7. The predicted octanol–water partition coefficient (Wildman–Crippen LogP) is 15.2. The van der Waals surface area contributed by atoms with Gasteiger partial charge in [0.2, 0.25) is 0 Å². The van der Waals surface area contributed by atoms with Gasteiger partial charge in [-0.1, -0.05) is 233 Å². The molecular weight excluding hydrogens is 1020 g/mol. The van der Waals surface area contributed by atoms with E-state index in [4.69, 9.17) is 37.0 Å². The molecule has 0 aliphatic carbocycles. The van der Waals surface area contributed by atoms with Gasteiger partial charge in [-0.2, -0.15) is 0 Å². The van der Waals surface area contributed by atoms with Gasteiger partial charge in [0.25, 0.3) is 0 Å². The molecule has 0 spiro atoms. The Balaban J connectivity index is 5.20. The Labute approximate surface area is 460 Å². The van der Waals surface area contributed by atoms with Gasteiger partial charge in [-0.3, -0.25) is 37.3 Å². The Morgan fingerprint density at radius 3 is 0.776 bits per heavy atom. The molecule has 76 heavy (non-hydrogen) atoms. The van der Waals surface area contributed by atoms with Crippen LogP contribution in [0.15, 0.2) is 0 Å². The van der Waals surface area contributed by atoms with Crippen LogP contribution in [0.4, 0.5) is 0 Å². The number of hydrogen-bond donors (Lipinski definition) is 3. The van der Waals surface area contributed by atoms with Crippen molar-refractivity contribution < 1.29 is 80.2 Å². The van der Waals surface area contributed by atoms with Crippen LogP contribution in [0.5, 0.6) is 0 Å². The van der Waals surface area contributed by atoms with E-state index in [-0.39, 0.29) is 25.7 Å². The van der Waals surface area contributed by atoms with E-state index in [1.165, 1.54) is 103 Å². The first kappa shape index (κ1) is 74.1. The zero-order chi connectivity index (χ0) is 56.2. The first-order chi connectivity index (χ1) is 36.7. The Morgan fingerprint density at radius 2 is 0.526 bits per heavy atom. The van der Waals surface area contributed by atoms with Crippen molar-refractivity contribution in [1.82, 2.24) is 0 Å². The Hall–Kier alpha value is -1.94. The van der Waals surface area contributed by atoms with Crippen LogP contribution in [0, 0.1) is 0 Å². The smallest absolute Gasteiger partial charge is 0.462 e. The summed E-state index contributed by atoms with van der Waals surface area (Å²) >= 11 is 0. The number of esters is 4. The molecule has 0 aromatic rings. The molecule has 2 unspecified atom stereocenters. The molecule has 0 fully saturated rings. The molecule has 0 heterocycles. The summed E-state index contributed by atoms with van der Waals surface area (Å²) in [6.07, 6.45) is 34.9. The number of phosphoric ester groups is 2. The van der Waals surface area contributed by atoms with E-state index in [0.29, 0.717) is 25.7 Å². The number of ether oxygens (including phenoxy) is 4. The van der Waals surface area contributed by atoms with Gasteiger partial charge in [-0.15, -0.1) is 0 Å². The molecule has 19 heteroatoms. The standard InChI is InChI=1S/C57H110O17P2/c1-5-9-13-17-21-24-27-30-34-38-42-55(60)68-48-53(74-57(62)44-40-36-32-28-25-22-18-14-10-6-2)50-72-76(65,66)70-46-51(58)45-69-75(63,64)71-49-52(47-67-54(59)41-37-33-29-20-16-12-8-4)73-56(61)43-39-35-31-26-23-19-15-11-7-3/h51-53,58H,5-50H2,1-4H3,(H,63,64)(H,65,66)/t51-,52+,53+/m0/s1. The Kier molecular flexibility index (Phi) is 51.1. The Morgan fingerprint density at radius 1 is 0.316 bits per heavy atom. The molecule has 0 saturated carbocycles. The molecule has 450 valence electrons. The third kappa shape index (κ3) is 51.5. The highest BCUT2D eigenvalue weighted by Gasteiger charge is 2.30. The van der Waals surface area contributed by atoms with Crippen molar-refractivity contribution in [2.24, 2.45) is 0 Å². The number of aliphatic hydroxyl groups is 1. The molecule has 0 bridgehead atoms. The summed E-state index contributed by atoms with van der Waals surface area (Å²) in [4.78, 5) is 71.7. The molecule has 0 aromatic carbocycles. The molecule has 0 saturated heterocycles. The summed E-state index contributed by atoms with van der Waals surface area (Å²) in [6, 6.07) is 0. The van der Waals surface area contributed by atoms with Crippen molar-refractivity contribution >= 4 is 39.5 Å². The summed E-state index contributed by atoms with van der Waals surface area (Å²) in [5.41, 5.74) is 0. The minimum absolute atomic E-state index is 0.106. The van der Waals surface area contributed by atoms with Crippen LogP contribution in [0.2, 0.25) is 0 Å². The fourth-order valence-electron chi connectivity index (χ4n) is 8.40. The third-order valence-electron chi connectivity index (χ3n) is 13.1. The van der Waals surface area contributed by atoms with Gasteiger partial charge in [0, 0.05) is 25.7 Å². The third-order valence-corrected chi connectivity index (χ3v) is 15.0. The van der Waals surface area contributed by atoms with E-state index < -0.39 is 97.5 Å². The van der Waals surface area contributed by atoms with Gasteiger partial charge in [0.15, 0.2) is 12.2 Å². The second kappa shape index (κ2) is 52.4. The van der Waals surface area contributed by atoms with Gasteiger partial charge >= 0.3 is 39.5 Å². The quantitative estimate of drug-likeness (QED) is 0.0222. The van der Waals surface area contributed by atoms with E-state index in [0.717, 1.165) is 103 Å². The van der Waals surface area contributed by atoms with Crippen LogP contribution < -0.4 is 0 Å². The van der Waals surface area contributed by atoms with Gasteiger partial charge in [-0.25, -0.2) is 9.13 Å². The fraction of sp³-hybridized carbons (Fsp3) is 0.930. The molecule has 0 radical (unpaired) electrons. The van der Waals surface area contributed by atoms with Gasteiger partial charge in [0.05, 0.1) is 26.4 Å². The lowest BCUT2D eigenvalue weighted by molar-refractivity contribution is -0.161. The molecule has 17 nitrogen and oxygen atoms in total. The second-order valence-corrected chi connectivity index (χ2v) is 23.6. The minimum Gasteiger partial charge on any atom is -0.462 e. The zero-order valence-electron chi connectivity index (χ0n) is 48.2. The number of carbonyl (C=O) groups excluding carboxylic acids is 4. The van der Waals surface area contributed by atoms with Gasteiger partial charge < -0.3 is 33.8 Å². The van der Waals surface area contributed by atoms with Crippen molar-refractivity contribution in [3.63, 3.8) is 0 Å². The first-order valence-electron chi connectivity index (χ1n) is 30.3. The van der Waals surface area contributed by atoms with Crippen LogP contribution in [0.3, 0.4) is 0 Å². The van der Waals surface area contributed by atoms with Crippen LogP contribution in [-0.4, -0.2) is 96.7 Å². The van der Waals surface area contributed by atoms with Crippen molar-refractivity contribution in [3.05, 3.63) is 0 Å². The summed E-state index contributed by atoms with van der Waals surface area (Å²) in [5, 5.41) is 10.5. The molecule has 3 N–H and O–H groups in total. The fourth-order valence-corrected chi connectivity index (χ4v) is 9.98. The number of phosphoric acid groups is 2. The van der Waals surface area contributed by atoms with Crippen LogP contribution in [0.25, 0.3) is 0 Å². The maximum atomic E-state index is 12.9. The predicted molar refractivity (Wildman–Crippen MR) is 299 cm³/mol. The topological polar surface area (TPSA) is 237 Å². The van der Waals surface area contributed by atoms with Crippen molar-refractivity contribution in [2.45, 2.75) is 303 Å². The van der Waals surface area contributed by atoms with E-state index in [9.17, 15) is 43.2 Å². The lowest BCUT2D eigenvalue weighted by Gasteiger charge is -2.21. The summed E-state index contributed by atoms with van der Waals surface area (Å²) < 4.78 is 67.5. The van der Waals surface area contributed by atoms with E-state index >= 15 is 0 Å². The van der Waals surface area contributed by atoms with E-state index in [1.54, 1.807) is 0 Å². The number of aliphatic hydroxyl groups excluding tert-OH is 1. The van der Waals surface area contributed by atoms with Gasteiger partial charge in [0.1, 0.15) is 19.3 Å².